The number of nitrogens with zero attached hydrogens (tertiary/aromatic N) is 1. The number of para-hydroxylation sites is 2. The van der Waals surface area contributed by atoms with E-state index in [0.717, 1.165) is 0 Å². The lowest BCUT2D eigenvalue weighted by atomic mass is 10.1. The van der Waals surface area contributed by atoms with Gasteiger partial charge in [-0.15, -0.1) is 0 Å². The van der Waals surface area contributed by atoms with Gasteiger partial charge in [0.05, 0.1) is 11.4 Å². The number of rotatable bonds is 3. The molecule has 0 radical (unpaired) electrons. The molecule has 0 aliphatic heterocycles. The topological polar surface area (TPSA) is 49.8 Å². The quantitative estimate of drug-likeness (QED) is 0.669. The van der Waals surface area contributed by atoms with Gasteiger partial charge >= 0.3 is 6.09 Å². The van der Waals surface area contributed by atoms with E-state index >= 15 is 0 Å². The Hall–Kier alpha value is -3.71. The molecule has 27 heavy (non-hydrogen) atoms. The Kier molecular flexibility index (Phi) is 5.76. The summed E-state index contributed by atoms with van der Waals surface area (Å²) in [5, 5.41) is 9.71. The maximum absolute atomic E-state index is 12.7. The maximum atomic E-state index is 12.7. The van der Waals surface area contributed by atoms with Gasteiger partial charge in [-0.25, -0.2) is 9.69 Å². The van der Waals surface area contributed by atoms with E-state index in [2.05, 4.69) is 11.8 Å². The van der Waals surface area contributed by atoms with Crippen molar-refractivity contribution in [2.75, 3.05) is 11.5 Å². The number of ether oxygens (including phenoxy) is 1. The van der Waals surface area contributed by atoms with Crippen molar-refractivity contribution < 1.29 is 14.6 Å². The average Bonchev–Trinajstić information content (AvgIpc) is 2.70. The Labute approximate surface area is 158 Å². The highest BCUT2D eigenvalue weighted by atomic mass is 16.6. The molecule has 0 aromatic heterocycles. The van der Waals surface area contributed by atoms with Gasteiger partial charge in [0.25, 0.3) is 0 Å². The first-order chi connectivity index (χ1) is 13.2. The Morgan fingerprint density at radius 2 is 1.52 bits per heavy atom. The summed E-state index contributed by atoms with van der Waals surface area (Å²) in [7, 11) is 0. The molecular formula is C23H19NO3. The molecule has 0 aliphatic carbocycles. The van der Waals surface area contributed by atoms with Crippen LogP contribution in [0.25, 0.3) is 0 Å². The summed E-state index contributed by atoms with van der Waals surface area (Å²) in [5.41, 5.74) is 2.83. The van der Waals surface area contributed by atoms with Crippen molar-refractivity contribution in [1.29, 1.82) is 0 Å². The molecule has 0 aliphatic rings. The van der Waals surface area contributed by atoms with Crippen LogP contribution in [0.3, 0.4) is 0 Å². The number of hydrogen-bond donors (Lipinski definition) is 1. The molecule has 0 saturated heterocycles. The van der Waals surface area contributed by atoms with Gasteiger partial charge in [0, 0.05) is 11.1 Å². The first kappa shape index (κ1) is 18.1. The molecule has 0 heterocycles. The van der Waals surface area contributed by atoms with Crippen molar-refractivity contribution in [2.24, 2.45) is 0 Å². The number of phenols is 1. The third kappa shape index (κ3) is 4.47. The van der Waals surface area contributed by atoms with Crippen LogP contribution in [0.1, 0.15) is 11.1 Å². The smallest absolute Gasteiger partial charge is 0.419 e. The molecule has 4 heteroatoms. The van der Waals surface area contributed by atoms with E-state index < -0.39 is 6.09 Å². The van der Waals surface area contributed by atoms with E-state index in [9.17, 15) is 9.90 Å². The Bertz CT molecular complexity index is 933. The summed E-state index contributed by atoms with van der Waals surface area (Å²) in [4.78, 5) is 14.2. The van der Waals surface area contributed by atoms with Gasteiger partial charge in [0.15, 0.2) is 6.61 Å². The summed E-state index contributed by atoms with van der Waals surface area (Å²) < 4.78 is 5.36. The molecule has 0 atom stereocenters. The number of phenolic OH excluding ortho intramolecular Hbond substituents is 1. The lowest BCUT2D eigenvalue weighted by Gasteiger charge is -2.21. The summed E-state index contributed by atoms with van der Waals surface area (Å²) in [5.74, 6) is 5.94. The maximum Gasteiger partial charge on any atom is 0.419 e. The molecule has 3 aromatic carbocycles. The van der Waals surface area contributed by atoms with Crippen molar-refractivity contribution in [3.8, 4) is 17.6 Å². The first-order valence-electron chi connectivity index (χ1n) is 8.51. The molecule has 1 amide bonds. The van der Waals surface area contributed by atoms with E-state index in [1.165, 1.54) is 4.90 Å². The molecule has 0 fully saturated rings. The van der Waals surface area contributed by atoms with Crippen molar-refractivity contribution >= 4 is 17.5 Å². The first-order valence-corrected chi connectivity index (χ1v) is 8.51. The van der Waals surface area contributed by atoms with Crippen molar-refractivity contribution in [3.63, 3.8) is 0 Å². The van der Waals surface area contributed by atoms with Crippen molar-refractivity contribution in [1.82, 2.24) is 0 Å². The minimum absolute atomic E-state index is 0.0515. The monoisotopic (exact) mass is 357 g/mol. The third-order valence-corrected chi connectivity index (χ3v) is 4.01. The van der Waals surface area contributed by atoms with E-state index in [1.807, 2.05) is 66.7 Å². The van der Waals surface area contributed by atoms with Crippen LogP contribution in [0.2, 0.25) is 0 Å². The molecule has 3 aromatic rings. The van der Waals surface area contributed by atoms with Gasteiger partial charge in [-0.3, -0.25) is 0 Å². The van der Waals surface area contributed by atoms with Crippen LogP contribution < -0.4 is 4.90 Å². The van der Waals surface area contributed by atoms with Crippen LogP contribution in [-0.4, -0.2) is 17.8 Å². The van der Waals surface area contributed by atoms with Crippen LogP contribution >= 0.6 is 0 Å². The van der Waals surface area contributed by atoms with Gasteiger partial charge in [-0.05, 0) is 43.3 Å². The molecule has 0 bridgehead atoms. The minimum atomic E-state index is -0.505. The number of benzene rings is 3. The summed E-state index contributed by atoms with van der Waals surface area (Å²) in [6.07, 6.45) is -0.505. The van der Waals surface area contributed by atoms with Crippen LogP contribution in [0.5, 0.6) is 5.75 Å². The summed E-state index contributed by atoms with van der Waals surface area (Å²) >= 11 is 0. The van der Waals surface area contributed by atoms with E-state index in [0.29, 0.717) is 22.5 Å². The normalized spacial score (nSPS) is 9.81. The molecular weight excluding hydrogens is 338 g/mol. The zero-order chi connectivity index (χ0) is 19.1. The highest BCUT2D eigenvalue weighted by Crippen LogP contribution is 2.25. The number of aromatic hydroxyl groups is 1. The standard InChI is InChI=1S/C23H19NO3/c1-18-19(10-8-16-22(18)25)11-9-17-27-23(26)24(20-12-4-2-5-13-20)21-14-6-3-7-15-21/h2-8,10,12-16,25H,17H2,1H3. The number of hydrogen-bond acceptors (Lipinski definition) is 3. The third-order valence-electron chi connectivity index (χ3n) is 4.01. The Balaban J connectivity index is 1.75. The average molecular weight is 357 g/mol. The molecule has 4 nitrogen and oxygen atoms in total. The lowest BCUT2D eigenvalue weighted by molar-refractivity contribution is 0.170. The Morgan fingerprint density at radius 1 is 0.926 bits per heavy atom. The lowest BCUT2D eigenvalue weighted by Crippen LogP contribution is -2.26. The molecule has 0 unspecified atom stereocenters. The SMILES string of the molecule is Cc1c(O)cccc1C#CCOC(=O)N(c1ccccc1)c1ccccc1. The fourth-order valence-electron chi connectivity index (χ4n) is 2.57. The molecule has 1 N–H and O–H groups in total. The molecule has 3 rings (SSSR count). The van der Waals surface area contributed by atoms with Gasteiger partial charge in [-0.1, -0.05) is 54.3 Å². The van der Waals surface area contributed by atoms with Gasteiger partial charge < -0.3 is 9.84 Å². The zero-order valence-electron chi connectivity index (χ0n) is 14.9. The highest BCUT2D eigenvalue weighted by Gasteiger charge is 2.18. The number of carbonyl (C=O) groups is 1. The van der Waals surface area contributed by atoms with Crippen LogP contribution in [0.4, 0.5) is 16.2 Å². The number of amides is 1. The fourth-order valence-corrected chi connectivity index (χ4v) is 2.57. The summed E-state index contributed by atoms with van der Waals surface area (Å²) in [6.45, 7) is 1.74. The predicted octanol–water partition coefficient (Wildman–Crippen LogP) is 5.03. The van der Waals surface area contributed by atoms with Crippen LogP contribution in [0, 0.1) is 18.8 Å². The predicted molar refractivity (Wildman–Crippen MR) is 106 cm³/mol. The number of carbonyl (C=O) groups excluding carboxylic acids is 1. The van der Waals surface area contributed by atoms with Gasteiger partial charge in [0.2, 0.25) is 0 Å². The largest absolute Gasteiger partial charge is 0.508 e. The number of anilines is 2. The molecule has 0 saturated carbocycles. The molecule has 0 spiro atoms. The summed E-state index contributed by atoms with van der Waals surface area (Å²) in [6, 6.07) is 23.8. The second-order valence-corrected chi connectivity index (χ2v) is 5.81. The minimum Gasteiger partial charge on any atom is -0.508 e. The van der Waals surface area contributed by atoms with Crippen LogP contribution in [0.15, 0.2) is 78.9 Å². The van der Waals surface area contributed by atoms with E-state index in [4.69, 9.17) is 4.74 Å². The highest BCUT2D eigenvalue weighted by molar-refractivity contribution is 5.95. The molecule has 134 valence electrons. The second-order valence-electron chi connectivity index (χ2n) is 5.81. The van der Waals surface area contributed by atoms with Crippen molar-refractivity contribution in [2.45, 2.75) is 6.92 Å². The van der Waals surface area contributed by atoms with Crippen molar-refractivity contribution in [3.05, 3.63) is 90.0 Å². The van der Waals surface area contributed by atoms with E-state index in [1.54, 1.807) is 19.1 Å². The van der Waals surface area contributed by atoms with Gasteiger partial charge in [0.1, 0.15) is 5.75 Å². The Morgan fingerprint density at radius 3 is 2.11 bits per heavy atom. The van der Waals surface area contributed by atoms with Crippen LogP contribution in [-0.2, 0) is 4.74 Å². The fraction of sp³-hybridized carbons (Fsp3) is 0.0870. The second kappa shape index (κ2) is 8.59. The van der Waals surface area contributed by atoms with E-state index in [-0.39, 0.29) is 12.4 Å². The zero-order valence-corrected chi connectivity index (χ0v) is 14.9. The van der Waals surface area contributed by atoms with Gasteiger partial charge in [-0.2, -0.15) is 0 Å².